The highest BCUT2D eigenvalue weighted by Crippen LogP contribution is 2.60. The Labute approximate surface area is 180 Å². The number of nitrogens with one attached hydrogen (secondary N) is 4. The van der Waals surface area contributed by atoms with Crippen molar-refractivity contribution in [1.29, 1.82) is 0 Å². The van der Waals surface area contributed by atoms with E-state index in [4.69, 9.17) is 12.2 Å². The van der Waals surface area contributed by atoms with E-state index in [2.05, 4.69) is 28.4 Å². The highest BCUT2D eigenvalue weighted by Gasteiger charge is 2.55. The van der Waals surface area contributed by atoms with Crippen LogP contribution in [0.15, 0.2) is 0 Å². The van der Waals surface area contributed by atoms with Gasteiger partial charge in [0.25, 0.3) is 5.91 Å². The van der Waals surface area contributed by atoms with Crippen LogP contribution in [0, 0.1) is 29.1 Å². The van der Waals surface area contributed by atoms with E-state index in [0.29, 0.717) is 22.9 Å². The average Bonchev–Trinajstić information content (AvgIpc) is 2.66. The van der Waals surface area contributed by atoms with Gasteiger partial charge in [-0.2, -0.15) is 0 Å². The molecule has 0 unspecified atom stereocenters. The fourth-order valence-electron chi connectivity index (χ4n) is 6.04. The molecule has 4 bridgehead atoms. The number of amides is 2. The number of rotatable bonds is 8. The molecular formula is C22H38N4O2S. The summed E-state index contributed by atoms with van der Waals surface area (Å²) < 4.78 is 0. The Balaban J connectivity index is 1.51. The highest BCUT2D eigenvalue weighted by atomic mass is 32.1. The fourth-order valence-corrected chi connectivity index (χ4v) is 6.19. The van der Waals surface area contributed by atoms with E-state index in [-0.39, 0.29) is 23.1 Å². The van der Waals surface area contributed by atoms with E-state index >= 15 is 0 Å². The highest BCUT2D eigenvalue weighted by molar-refractivity contribution is 7.80. The summed E-state index contributed by atoms with van der Waals surface area (Å²) in [5, 5.41) is 6.60. The molecule has 0 saturated heterocycles. The maximum Gasteiger partial charge on any atom is 0.261 e. The lowest BCUT2D eigenvalue weighted by Gasteiger charge is -2.55. The average molecular weight is 423 g/mol. The zero-order chi connectivity index (χ0) is 21.0. The molecule has 1 atom stereocenters. The first-order valence-corrected chi connectivity index (χ1v) is 11.9. The van der Waals surface area contributed by atoms with Gasteiger partial charge in [-0.3, -0.25) is 20.4 Å². The Hall–Kier alpha value is -1.37. The smallest absolute Gasteiger partial charge is 0.261 e. The lowest BCUT2D eigenvalue weighted by molar-refractivity contribution is -0.149. The Morgan fingerprint density at radius 3 is 2.10 bits per heavy atom. The van der Waals surface area contributed by atoms with Crippen molar-refractivity contribution in [2.75, 3.05) is 6.54 Å². The third-order valence-corrected chi connectivity index (χ3v) is 7.37. The van der Waals surface area contributed by atoms with Gasteiger partial charge in [-0.1, -0.05) is 33.6 Å². The SMILES string of the molecule is CCCCCNC(=S)NNC(=O)[C@H](NC(=O)C12CC3CC(CC(C3)C1)C2)C(C)C. The van der Waals surface area contributed by atoms with Crippen LogP contribution in [0.3, 0.4) is 0 Å². The van der Waals surface area contributed by atoms with Crippen LogP contribution in [0.4, 0.5) is 0 Å². The molecule has 4 N–H and O–H groups in total. The summed E-state index contributed by atoms with van der Waals surface area (Å²) in [6.07, 6.45) is 10.2. The molecule has 4 aliphatic rings. The quantitative estimate of drug-likeness (QED) is 0.275. The molecule has 0 aliphatic heterocycles. The van der Waals surface area contributed by atoms with Gasteiger partial charge < -0.3 is 10.6 Å². The van der Waals surface area contributed by atoms with Crippen molar-refractivity contribution in [3.63, 3.8) is 0 Å². The van der Waals surface area contributed by atoms with Gasteiger partial charge in [0.15, 0.2) is 5.11 Å². The van der Waals surface area contributed by atoms with Gasteiger partial charge in [0.1, 0.15) is 6.04 Å². The Bertz CT molecular complexity index is 587. The predicted octanol–water partition coefficient (Wildman–Crippen LogP) is 3.03. The van der Waals surface area contributed by atoms with Crippen molar-refractivity contribution in [1.82, 2.24) is 21.5 Å². The molecular weight excluding hydrogens is 384 g/mol. The number of carbonyl (C=O) groups excluding carboxylic acids is 2. The molecule has 0 aromatic carbocycles. The van der Waals surface area contributed by atoms with Gasteiger partial charge >= 0.3 is 0 Å². The van der Waals surface area contributed by atoms with E-state index in [1.807, 2.05) is 13.8 Å². The first-order chi connectivity index (χ1) is 13.8. The molecule has 0 radical (unpaired) electrons. The van der Waals surface area contributed by atoms with Crippen LogP contribution in [0.25, 0.3) is 0 Å². The first-order valence-electron chi connectivity index (χ1n) is 11.5. The minimum atomic E-state index is -0.564. The summed E-state index contributed by atoms with van der Waals surface area (Å²) in [5.74, 6) is 1.96. The zero-order valence-electron chi connectivity index (χ0n) is 18.2. The van der Waals surface area contributed by atoms with E-state index < -0.39 is 6.04 Å². The number of unbranched alkanes of at least 4 members (excludes halogenated alkanes) is 2. The van der Waals surface area contributed by atoms with Crippen LogP contribution >= 0.6 is 12.2 Å². The fraction of sp³-hybridized carbons (Fsp3) is 0.864. The van der Waals surface area contributed by atoms with E-state index in [1.54, 1.807) is 0 Å². The number of hydrogen-bond acceptors (Lipinski definition) is 3. The van der Waals surface area contributed by atoms with Gasteiger partial charge in [-0.25, -0.2) is 0 Å². The topological polar surface area (TPSA) is 82.3 Å². The van der Waals surface area contributed by atoms with Gasteiger partial charge in [0.2, 0.25) is 5.91 Å². The van der Waals surface area contributed by atoms with Crippen molar-refractivity contribution in [3.8, 4) is 0 Å². The van der Waals surface area contributed by atoms with Gasteiger partial charge in [0.05, 0.1) is 0 Å². The van der Waals surface area contributed by atoms with Gasteiger partial charge in [-0.05, 0) is 80.8 Å². The number of carbonyl (C=O) groups is 2. The van der Waals surface area contributed by atoms with Crippen LogP contribution in [0.1, 0.15) is 78.6 Å². The van der Waals surface area contributed by atoms with Gasteiger partial charge in [0, 0.05) is 12.0 Å². The molecule has 4 rings (SSSR count). The van der Waals surface area contributed by atoms with Crippen molar-refractivity contribution in [3.05, 3.63) is 0 Å². The molecule has 0 spiro atoms. The lowest BCUT2D eigenvalue weighted by atomic mass is 9.49. The molecule has 7 heteroatoms. The molecule has 2 amide bonds. The first kappa shape index (κ1) is 22.3. The Kier molecular flexibility index (Phi) is 7.41. The normalized spacial score (nSPS) is 30.7. The van der Waals surface area contributed by atoms with Crippen molar-refractivity contribution >= 4 is 29.1 Å². The minimum absolute atomic E-state index is 0.000692. The van der Waals surface area contributed by atoms with E-state index in [0.717, 1.165) is 45.1 Å². The third-order valence-electron chi connectivity index (χ3n) is 7.12. The molecule has 4 fully saturated rings. The van der Waals surface area contributed by atoms with Crippen LogP contribution in [-0.2, 0) is 9.59 Å². The summed E-state index contributed by atoms with van der Waals surface area (Å²) in [4.78, 5) is 26.1. The maximum atomic E-state index is 13.3. The maximum absolute atomic E-state index is 13.3. The van der Waals surface area contributed by atoms with Crippen molar-refractivity contribution in [2.45, 2.75) is 84.6 Å². The molecule has 0 aromatic rings. The second-order valence-electron chi connectivity index (χ2n) is 9.97. The molecule has 6 nitrogen and oxygen atoms in total. The monoisotopic (exact) mass is 422 g/mol. The molecule has 4 saturated carbocycles. The molecule has 4 aliphatic carbocycles. The Morgan fingerprint density at radius 1 is 1.00 bits per heavy atom. The van der Waals surface area contributed by atoms with Crippen LogP contribution in [0.2, 0.25) is 0 Å². The van der Waals surface area contributed by atoms with Crippen LogP contribution in [-0.4, -0.2) is 29.5 Å². The van der Waals surface area contributed by atoms with Crippen LogP contribution in [0.5, 0.6) is 0 Å². The largest absolute Gasteiger partial charge is 0.361 e. The summed E-state index contributed by atoms with van der Waals surface area (Å²) in [6, 6.07) is -0.564. The van der Waals surface area contributed by atoms with E-state index in [1.165, 1.54) is 19.3 Å². The number of hydrazine groups is 1. The standard InChI is InChI=1S/C22H38N4O2S/c1-4-5-6-7-23-21(29)26-25-19(27)18(14(2)3)24-20(28)22-11-15-8-16(12-22)10-17(9-15)13-22/h14-18H,4-13H2,1-3H3,(H,24,28)(H,25,27)(H2,23,26,29)/t15?,16?,17?,18-,22?/m1/s1. The van der Waals surface area contributed by atoms with E-state index in [9.17, 15) is 9.59 Å². The second-order valence-corrected chi connectivity index (χ2v) is 10.4. The summed E-state index contributed by atoms with van der Waals surface area (Å²) in [5.41, 5.74) is 5.21. The minimum Gasteiger partial charge on any atom is -0.361 e. The van der Waals surface area contributed by atoms with Gasteiger partial charge in [-0.15, -0.1) is 0 Å². The second kappa shape index (κ2) is 9.63. The van der Waals surface area contributed by atoms with Crippen molar-refractivity contribution < 1.29 is 9.59 Å². The zero-order valence-corrected chi connectivity index (χ0v) is 19.0. The molecule has 0 heterocycles. The lowest BCUT2D eigenvalue weighted by Crippen LogP contribution is -2.60. The summed E-state index contributed by atoms with van der Waals surface area (Å²) in [7, 11) is 0. The number of thiocarbonyl (C=S) groups is 1. The molecule has 0 aromatic heterocycles. The summed E-state index contributed by atoms with van der Waals surface area (Å²) >= 11 is 5.22. The predicted molar refractivity (Wildman–Crippen MR) is 119 cm³/mol. The van der Waals surface area contributed by atoms with Crippen LogP contribution < -0.4 is 21.5 Å². The molecule has 29 heavy (non-hydrogen) atoms. The third kappa shape index (κ3) is 5.41. The van der Waals surface area contributed by atoms with Crippen molar-refractivity contribution in [2.24, 2.45) is 29.1 Å². The summed E-state index contributed by atoms with van der Waals surface area (Å²) in [6.45, 7) is 6.86. The number of hydrogen-bond donors (Lipinski definition) is 4. The Morgan fingerprint density at radius 2 is 1.59 bits per heavy atom. The molecule has 164 valence electrons.